The highest BCUT2D eigenvalue weighted by atomic mass is 32.2. The molecule has 3 nitrogen and oxygen atoms in total. The molecule has 2 amide bonds. The lowest BCUT2D eigenvalue weighted by molar-refractivity contribution is 0.234. The van der Waals surface area contributed by atoms with Gasteiger partial charge in [-0.2, -0.15) is 0 Å². The Bertz CT molecular complexity index is 158. The SMILES string of the molecule is CCNC(=O)N1C=CCS1. The van der Waals surface area contributed by atoms with Crippen molar-refractivity contribution in [3.05, 3.63) is 12.3 Å². The van der Waals surface area contributed by atoms with Gasteiger partial charge in [0.1, 0.15) is 0 Å². The fourth-order valence-electron chi connectivity index (χ4n) is 0.661. The molecule has 1 N–H and O–H groups in total. The third-order valence-electron chi connectivity index (χ3n) is 1.08. The Balaban J connectivity index is 2.33. The molecule has 0 bridgehead atoms. The van der Waals surface area contributed by atoms with Crippen molar-refractivity contribution in [2.45, 2.75) is 6.92 Å². The van der Waals surface area contributed by atoms with Crippen LogP contribution in [-0.4, -0.2) is 22.6 Å². The van der Waals surface area contributed by atoms with E-state index in [2.05, 4.69) is 5.32 Å². The predicted molar refractivity (Wildman–Crippen MR) is 42.5 cm³/mol. The number of nitrogens with zero attached hydrogens (tertiary/aromatic N) is 1. The van der Waals surface area contributed by atoms with Crippen LogP contribution < -0.4 is 5.32 Å². The molecule has 1 aliphatic rings. The van der Waals surface area contributed by atoms with Gasteiger partial charge in [-0.3, -0.25) is 0 Å². The normalized spacial score (nSPS) is 15.9. The van der Waals surface area contributed by atoms with Crippen molar-refractivity contribution < 1.29 is 4.79 Å². The van der Waals surface area contributed by atoms with Crippen molar-refractivity contribution in [2.75, 3.05) is 12.3 Å². The molecule has 0 fully saturated rings. The monoisotopic (exact) mass is 158 g/mol. The Morgan fingerprint density at radius 3 is 3.20 bits per heavy atom. The number of hydrogen-bond donors (Lipinski definition) is 1. The van der Waals surface area contributed by atoms with E-state index in [1.54, 1.807) is 10.5 Å². The van der Waals surface area contributed by atoms with Crippen molar-refractivity contribution in [3.8, 4) is 0 Å². The van der Waals surface area contributed by atoms with E-state index in [-0.39, 0.29) is 6.03 Å². The lowest BCUT2D eigenvalue weighted by Gasteiger charge is -2.11. The van der Waals surface area contributed by atoms with E-state index in [9.17, 15) is 4.79 Å². The first kappa shape index (κ1) is 7.47. The van der Waals surface area contributed by atoms with Gasteiger partial charge in [-0.1, -0.05) is 6.08 Å². The van der Waals surface area contributed by atoms with Crippen molar-refractivity contribution in [2.24, 2.45) is 0 Å². The van der Waals surface area contributed by atoms with E-state index in [1.165, 1.54) is 11.9 Å². The maximum absolute atomic E-state index is 11.0. The Kier molecular flexibility index (Phi) is 2.62. The summed E-state index contributed by atoms with van der Waals surface area (Å²) in [6.07, 6.45) is 3.75. The fraction of sp³-hybridized carbons (Fsp3) is 0.500. The average molecular weight is 158 g/mol. The highest BCUT2D eigenvalue weighted by molar-refractivity contribution is 7.98. The average Bonchev–Trinajstić information content (AvgIpc) is 2.38. The van der Waals surface area contributed by atoms with Gasteiger partial charge in [-0.15, -0.1) is 0 Å². The topological polar surface area (TPSA) is 32.3 Å². The van der Waals surface area contributed by atoms with Crippen LogP contribution in [0.1, 0.15) is 6.92 Å². The molecule has 0 aromatic carbocycles. The van der Waals surface area contributed by atoms with Crippen LogP contribution in [-0.2, 0) is 0 Å². The van der Waals surface area contributed by atoms with Gasteiger partial charge < -0.3 is 5.32 Å². The Morgan fingerprint density at radius 1 is 1.90 bits per heavy atom. The van der Waals surface area contributed by atoms with Crippen LogP contribution in [0.4, 0.5) is 4.79 Å². The summed E-state index contributed by atoms with van der Waals surface area (Å²) in [7, 11) is 0. The zero-order valence-corrected chi connectivity index (χ0v) is 6.65. The molecule has 56 valence electrons. The zero-order chi connectivity index (χ0) is 7.40. The van der Waals surface area contributed by atoms with Crippen molar-refractivity contribution in [3.63, 3.8) is 0 Å². The summed E-state index contributed by atoms with van der Waals surface area (Å²) in [6.45, 7) is 2.59. The summed E-state index contributed by atoms with van der Waals surface area (Å²) >= 11 is 1.50. The molecule has 0 aromatic rings. The van der Waals surface area contributed by atoms with Crippen LogP contribution in [0.2, 0.25) is 0 Å². The molecular weight excluding hydrogens is 148 g/mol. The van der Waals surface area contributed by atoms with Gasteiger partial charge in [-0.25, -0.2) is 9.10 Å². The molecule has 1 rings (SSSR count). The minimum Gasteiger partial charge on any atom is -0.337 e. The van der Waals surface area contributed by atoms with Crippen molar-refractivity contribution >= 4 is 18.0 Å². The first-order valence-electron chi connectivity index (χ1n) is 3.21. The van der Waals surface area contributed by atoms with Crippen molar-refractivity contribution in [1.82, 2.24) is 9.62 Å². The minimum atomic E-state index is -0.0266. The van der Waals surface area contributed by atoms with E-state index < -0.39 is 0 Å². The van der Waals surface area contributed by atoms with Gasteiger partial charge in [0.15, 0.2) is 0 Å². The molecule has 0 aliphatic carbocycles. The first-order valence-corrected chi connectivity index (χ1v) is 4.15. The molecule has 1 aliphatic heterocycles. The fourth-order valence-corrected chi connectivity index (χ4v) is 1.35. The maximum atomic E-state index is 11.0. The van der Waals surface area contributed by atoms with Gasteiger partial charge in [-0.05, 0) is 18.9 Å². The Labute approximate surface area is 64.6 Å². The number of hydrogen-bond acceptors (Lipinski definition) is 2. The number of carbonyl (C=O) groups excluding carboxylic acids is 1. The highest BCUT2D eigenvalue weighted by Crippen LogP contribution is 2.16. The Hall–Kier alpha value is -0.640. The first-order chi connectivity index (χ1) is 4.84. The smallest absolute Gasteiger partial charge is 0.331 e. The summed E-state index contributed by atoms with van der Waals surface area (Å²) in [6, 6.07) is -0.0266. The maximum Gasteiger partial charge on any atom is 0.331 e. The van der Waals surface area contributed by atoms with E-state index in [1.807, 2.05) is 13.0 Å². The molecule has 0 saturated carbocycles. The quantitative estimate of drug-likeness (QED) is 0.581. The molecule has 0 saturated heterocycles. The van der Waals surface area contributed by atoms with E-state index >= 15 is 0 Å². The van der Waals surface area contributed by atoms with Gasteiger partial charge in [0.05, 0.1) is 0 Å². The predicted octanol–water partition coefficient (Wildman–Crippen LogP) is 1.19. The third kappa shape index (κ3) is 1.67. The van der Waals surface area contributed by atoms with Crippen LogP contribution >= 0.6 is 11.9 Å². The van der Waals surface area contributed by atoms with Crippen LogP contribution in [0.15, 0.2) is 12.3 Å². The van der Waals surface area contributed by atoms with Gasteiger partial charge in [0, 0.05) is 18.5 Å². The molecule has 0 spiro atoms. The molecular formula is C6H10N2OS. The second-order valence-corrected chi connectivity index (χ2v) is 2.83. The van der Waals surface area contributed by atoms with E-state index in [4.69, 9.17) is 0 Å². The summed E-state index contributed by atoms with van der Waals surface area (Å²) < 4.78 is 1.60. The number of nitrogens with one attached hydrogen (secondary N) is 1. The summed E-state index contributed by atoms with van der Waals surface area (Å²) in [5.74, 6) is 0.900. The standard InChI is InChI=1S/C6H10N2OS/c1-2-7-6(9)8-4-3-5-10-8/h3-4H,2,5H2,1H3,(H,7,9). The van der Waals surface area contributed by atoms with Gasteiger partial charge >= 0.3 is 6.03 Å². The second kappa shape index (κ2) is 3.51. The molecule has 0 unspecified atom stereocenters. The summed E-state index contributed by atoms with van der Waals surface area (Å²) in [5, 5.41) is 2.70. The minimum absolute atomic E-state index is 0.0266. The second-order valence-electron chi connectivity index (χ2n) is 1.84. The Morgan fingerprint density at radius 2 is 2.70 bits per heavy atom. The number of carbonyl (C=O) groups is 1. The molecule has 1 heterocycles. The van der Waals surface area contributed by atoms with Crippen LogP contribution in [0.3, 0.4) is 0 Å². The lowest BCUT2D eigenvalue weighted by atomic mass is 10.7. The number of urea groups is 1. The molecule has 0 radical (unpaired) electrons. The number of amides is 2. The number of rotatable bonds is 1. The summed E-state index contributed by atoms with van der Waals surface area (Å²) in [5.41, 5.74) is 0. The van der Waals surface area contributed by atoms with Gasteiger partial charge in [0.2, 0.25) is 0 Å². The molecule has 0 aromatic heterocycles. The van der Waals surface area contributed by atoms with E-state index in [0.717, 1.165) is 5.75 Å². The zero-order valence-electron chi connectivity index (χ0n) is 5.83. The van der Waals surface area contributed by atoms with Crippen molar-refractivity contribution in [1.29, 1.82) is 0 Å². The molecule has 10 heavy (non-hydrogen) atoms. The summed E-state index contributed by atoms with van der Waals surface area (Å²) in [4.78, 5) is 11.0. The lowest BCUT2D eigenvalue weighted by Crippen LogP contribution is -2.30. The molecule has 0 atom stereocenters. The molecule has 4 heteroatoms. The largest absolute Gasteiger partial charge is 0.337 e. The van der Waals surface area contributed by atoms with Gasteiger partial charge in [0.25, 0.3) is 0 Å². The van der Waals surface area contributed by atoms with E-state index in [0.29, 0.717) is 6.54 Å². The van der Waals surface area contributed by atoms with Crippen LogP contribution in [0.25, 0.3) is 0 Å². The van der Waals surface area contributed by atoms with Crippen LogP contribution in [0, 0.1) is 0 Å². The third-order valence-corrected chi connectivity index (χ3v) is 1.99. The highest BCUT2D eigenvalue weighted by Gasteiger charge is 2.12. The van der Waals surface area contributed by atoms with Crippen LogP contribution in [0.5, 0.6) is 0 Å².